The van der Waals surface area contributed by atoms with Crippen molar-refractivity contribution >= 4 is 22.7 Å². The normalized spacial score (nSPS) is 26.6. The van der Waals surface area contributed by atoms with E-state index in [-0.39, 0.29) is 11.8 Å². The van der Waals surface area contributed by atoms with E-state index in [1.54, 1.807) is 0 Å². The number of carbonyl (C=O) groups excluding carboxylic acids is 2. The van der Waals surface area contributed by atoms with Gasteiger partial charge >= 0.3 is 0 Å². The van der Waals surface area contributed by atoms with Crippen molar-refractivity contribution in [2.75, 3.05) is 19.7 Å². The van der Waals surface area contributed by atoms with Crippen LogP contribution in [0.4, 0.5) is 0 Å². The fraction of sp³-hybridized carbons (Fsp3) is 0.545. The van der Waals surface area contributed by atoms with Crippen LogP contribution in [0.3, 0.4) is 0 Å². The van der Waals surface area contributed by atoms with E-state index in [4.69, 9.17) is 4.74 Å². The van der Waals surface area contributed by atoms with Crippen molar-refractivity contribution in [3.05, 3.63) is 36.0 Å². The number of carbonyl (C=O) groups is 2. The molecule has 0 bridgehead atoms. The smallest absolute Gasteiger partial charge is 0.256 e. The number of rotatable bonds is 2. The van der Waals surface area contributed by atoms with Gasteiger partial charge in [-0.15, -0.1) is 0 Å². The van der Waals surface area contributed by atoms with E-state index < -0.39 is 17.2 Å². The second-order valence-electron chi connectivity index (χ2n) is 8.63. The van der Waals surface area contributed by atoms with Crippen molar-refractivity contribution in [2.24, 2.45) is 7.05 Å². The lowest BCUT2D eigenvalue weighted by atomic mass is 9.73. The summed E-state index contributed by atoms with van der Waals surface area (Å²) in [7, 11) is 1.94. The van der Waals surface area contributed by atoms with Gasteiger partial charge in [-0.05, 0) is 32.3 Å². The standard InChI is InChI=1S/C22H29N3O4/c1-15(26)23-21(2)10-13-29-22(20(21)28)8-11-25(12-9-22)19(27)17-14-24(3)18-7-5-4-6-16(17)18/h4-7,14,20,28H,8-13H2,1-3H3,(H,23,26)/t20-,21+/m1/s1. The Labute approximate surface area is 170 Å². The van der Waals surface area contributed by atoms with Crippen molar-refractivity contribution in [3.8, 4) is 0 Å². The summed E-state index contributed by atoms with van der Waals surface area (Å²) in [5.74, 6) is -0.154. The van der Waals surface area contributed by atoms with Gasteiger partial charge < -0.3 is 24.6 Å². The van der Waals surface area contributed by atoms with Crippen molar-refractivity contribution in [2.45, 2.75) is 50.4 Å². The summed E-state index contributed by atoms with van der Waals surface area (Å²) in [5.41, 5.74) is 0.283. The predicted octanol–water partition coefficient (Wildman–Crippen LogP) is 1.83. The number of likely N-dealkylation sites (tertiary alicyclic amines) is 1. The van der Waals surface area contributed by atoms with Gasteiger partial charge in [0.05, 0.1) is 16.7 Å². The third kappa shape index (κ3) is 3.32. The molecule has 2 fully saturated rings. The number of piperidine rings is 1. The van der Waals surface area contributed by atoms with Gasteiger partial charge in [0.25, 0.3) is 5.91 Å². The molecule has 29 heavy (non-hydrogen) atoms. The lowest BCUT2D eigenvalue weighted by molar-refractivity contribution is -0.205. The number of hydrogen-bond donors (Lipinski definition) is 2. The second-order valence-corrected chi connectivity index (χ2v) is 8.63. The van der Waals surface area contributed by atoms with E-state index in [0.717, 1.165) is 10.9 Å². The highest BCUT2D eigenvalue weighted by Crippen LogP contribution is 2.40. The lowest BCUT2D eigenvalue weighted by Gasteiger charge is -2.53. The van der Waals surface area contributed by atoms with E-state index in [1.807, 2.05) is 53.9 Å². The van der Waals surface area contributed by atoms with Crippen LogP contribution in [0.15, 0.2) is 30.5 Å². The first-order chi connectivity index (χ1) is 13.8. The number of nitrogens with one attached hydrogen (secondary N) is 1. The predicted molar refractivity (Wildman–Crippen MR) is 110 cm³/mol. The van der Waals surface area contributed by atoms with Crippen molar-refractivity contribution in [1.29, 1.82) is 0 Å². The number of aryl methyl sites for hydroxylation is 1. The molecule has 2 N–H and O–H groups in total. The molecule has 0 unspecified atom stereocenters. The Balaban J connectivity index is 1.51. The summed E-state index contributed by atoms with van der Waals surface area (Å²) >= 11 is 0. The van der Waals surface area contributed by atoms with Crippen LogP contribution in [0.25, 0.3) is 10.9 Å². The van der Waals surface area contributed by atoms with Crippen molar-refractivity contribution < 1.29 is 19.4 Å². The van der Waals surface area contributed by atoms with Gasteiger partial charge in [0.2, 0.25) is 5.91 Å². The van der Waals surface area contributed by atoms with Gasteiger partial charge in [-0.2, -0.15) is 0 Å². The van der Waals surface area contributed by atoms with Gasteiger partial charge in [-0.1, -0.05) is 18.2 Å². The molecule has 2 aromatic rings. The molecular formula is C22H29N3O4. The lowest BCUT2D eigenvalue weighted by Crippen LogP contribution is -2.69. The number of benzene rings is 1. The number of fused-ring (bicyclic) bond motifs is 1. The van der Waals surface area contributed by atoms with Gasteiger partial charge in [-0.3, -0.25) is 9.59 Å². The Morgan fingerprint density at radius 1 is 1.21 bits per heavy atom. The number of aliphatic hydroxyl groups is 1. The number of para-hydroxylation sites is 1. The van der Waals surface area contributed by atoms with Crippen LogP contribution in [0.2, 0.25) is 0 Å². The summed E-state index contributed by atoms with van der Waals surface area (Å²) in [5, 5.41) is 15.0. The molecule has 0 radical (unpaired) electrons. The van der Waals surface area contributed by atoms with Gasteiger partial charge in [0, 0.05) is 50.8 Å². The van der Waals surface area contributed by atoms with E-state index in [1.165, 1.54) is 6.92 Å². The molecule has 2 aliphatic rings. The number of amides is 2. The highest BCUT2D eigenvalue weighted by molar-refractivity contribution is 6.07. The number of nitrogens with zero attached hydrogens (tertiary/aromatic N) is 2. The molecule has 7 nitrogen and oxygen atoms in total. The maximum absolute atomic E-state index is 13.2. The van der Waals surface area contributed by atoms with E-state index in [2.05, 4.69) is 5.32 Å². The molecule has 2 amide bonds. The molecule has 156 valence electrons. The fourth-order valence-corrected chi connectivity index (χ4v) is 4.98. The van der Waals surface area contributed by atoms with Gasteiger partial charge in [0.15, 0.2) is 0 Å². The molecule has 2 atom stereocenters. The number of aliphatic hydroxyl groups excluding tert-OH is 1. The molecule has 4 rings (SSSR count). The van der Waals surface area contributed by atoms with Crippen LogP contribution >= 0.6 is 0 Å². The van der Waals surface area contributed by atoms with Crippen molar-refractivity contribution in [1.82, 2.24) is 14.8 Å². The number of ether oxygens (including phenoxy) is 1. The number of aromatic nitrogens is 1. The third-order valence-electron chi connectivity index (χ3n) is 6.60. The Hall–Kier alpha value is -2.38. The third-order valence-corrected chi connectivity index (χ3v) is 6.60. The quantitative estimate of drug-likeness (QED) is 0.807. The van der Waals surface area contributed by atoms with Crippen LogP contribution in [-0.4, -0.2) is 63.3 Å². The van der Waals surface area contributed by atoms with E-state index >= 15 is 0 Å². The first-order valence-electron chi connectivity index (χ1n) is 10.2. The van der Waals surface area contributed by atoms with Gasteiger partial charge in [-0.25, -0.2) is 0 Å². The maximum Gasteiger partial charge on any atom is 0.256 e. The first-order valence-corrected chi connectivity index (χ1v) is 10.2. The Morgan fingerprint density at radius 3 is 2.59 bits per heavy atom. The molecule has 1 spiro atoms. The SMILES string of the molecule is CC(=O)N[C@@]1(C)CCOC2(CCN(C(=O)c3cn(C)c4ccccc34)CC2)[C@@H]1O. The minimum absolute atomic E-state index is 0.00609. The Morgan fingerprint density at radius 2 is 1.90 bits per heavy atom. The zero-order valence-electron chi connectivity index (χ0n) is 17.3. The maximum atomic E-state index is 13.2. The fourth-order valence-electron chi connectivity index (χ4n) is 4.98. The Kier molecular flexibility index (Phi) is 4.91. The number of hydrogen-bond acceptors (Lipinski definition) is 4. The van der Waals surface area contributed by atoms with Crippen LogP contribution in [0.1, 0.15) is 43.5 Å². The van der Waals surface area contributed by atoms with E-state index in [0.29, 0.717) is 44.5 Å². The average molecular weight is 399 g/mol. The summed E-state index contributed by atoms with van der Waals surface area (Å²) in [6.07, 6.45) is 2.72. The molecule has 1 aromatic carbocycles. The zero-order chi connectivity index (χ0) is 20.8. The molecule has 7 heteroatoms. The highest BCUT2D eigenvalue weighted by atomic mass is 16.5. The molecule has 0 saturated carbocycles. The minimum atomic E-state index is -0.817. The summed E-state index contributed by atoms with van der Waals surface area (Å²) < 4.78 is 8.03. The Bertz CT molecular complexity index is 945. The van der Waals surface area contributed by atoms with E-state index in [9.17, 15) is 14.7 Å². The monoisotopic (exact) mass is 399 g/mol. The largest absolute Gasteiger partial charge is 0.388 e. The second kappa shape index (κ2) is 7.15. The zero-order valence-corrected chi connectivity index (χ0v) is 17.3. The molecule has 1 aromatic heterocycles. The van der Waals surface area contributed by atoms with Gasteiger partial charge in [0.1, 0.15) is 6.10 Å². The van der Waals surface area contributed by atoms with Crippen LogP contribution in [0, 0.1) is 0 Å². The minimum Gasteiger partial charge on any atom is -0.388 e. The van der Waals surface area contributed by atoms with Crippen LogP contribution in [0.5, 0.6) is 0 Å². The molecule has 3 heterocycles. The molecular weight excluding hydrogens is 370 g/mol. The topological polar surface area (TPSA) is 83.8 Å². The van der Waals surface area contributed by atoms with Crippen LogP contribution < -0.4 is 5.32 Å². The molecule has 2 aliphatic heterocycles. The van der Waals surface area contributed by atoms with Crippen LogP contribution in [-0.2, 0) is 16.6 Å². The van der Waals surface area contributed by atoms with Crippen molar-refractivity contribution in [3.63, 3.8) is 0 Å². The molecule has 0 aliphatic carbocycles. The first kappa shape index (κ1) is 19.9. The average Bonchev–Trinajstić information content (AvgIpc) is 3.03. The highest BCUT2D eigenvalue weighted by Gasteiger charge is 2.54. The summed E-state index contributed by atoms with van der Waals surface area (Å²) in [6.45, 7) is 4.83. The summed E-state index contributed by atoms with van der Waals surface area (Å²) in [4.78, 5) is 26.7. The molecule has 2 saturated heterocycles. The summed E-state index contributed by atoms with van der Waals surface area (Å²) in [6, 6.07) is 7.89.